The molecule has 0 aromatic rings. The van der Waals surface area contributed by atoms with E-state index in [9.17, 15) is 4.79 Å². The van der Waals surface area contributed by atoms with Gasteiger partial charge in [0.2, 0.25) is 0 Å². The van der Waals surface area contributed by atoms with Crippen LogP contribution in [0, 0.1) is 0 Å². The topological polar surface area (TPSA) is 29.5 Å². The summed E-state index contributed by atoms with van der Waals surface area (Å²) in [5.41, 5.74) is 0.485. The zero-order valence-corrected chi connectivity index (χ0v) is 16.0. The fraction of sp³-hybridized carbons (Fsp3) is 0.850. The van der Waals surface area contributed by atoms with E-state index in [-0.39, 0.29) is 5.97 Å². The van der Waals surface area contributed by atoms with Gasteiger partial charge in [0.1, 0.15) is 0 Å². The van der Waals surface area contributed by atoms with Gasteiger partial charge in [0.05, 0.1) is 6.61 Å². The smallest absolute Gasteiger partial charge is 0.333 e. The van der Waals surface area contributed by atoms with E-state index >= 15 is 0 Å². The standard InChI is InChI=1S/C20H39NO2/c1-6-15-21(16-7-2)19(8-3)14-12-10-9-11-13-17-23-20(22)18(4)5/h19H,4,6-17H2,1-3,5H3. The second-order valence-corrected chi connectivity index (χ2v) is 6.57. The average Bonchev–Trinajstić information content (AvgIpc) is 2.53. The van der Waals surface area contributed by atoms with Gasteiger partial charge in [-0.2, -0.15) is 0 Å². The van der Waals surface area contributed by atoms with Crippen molar-refractivity contribution in [2.24, 2.45) is 0 Å². The number of esters is 1. The lowest BCUT2D eigenvalue weighted by atomic mass is 10.0. The molecular weight excluding hydrogens is 286 g/mol. The molecule has 1 unspecified atom stereocenters. The molecule has 136 valence electrons. The van der Waals surface area contributed by atoms with Crippen LogP contribution >= 0.6 is 0 Å². The summed E-state index contributed by atoms with van der Waals surface area (Å²) in [6.45, 7) is 15.1. The molecule has 3 heteroatoms. The fourth-order valence-electron chi connectivity index (χ4n) is 3.00. The number of ether oxygens (including phenoxy) is 1. The van der Waals surface area contributed by atoms with Gasteiger partial charge in [-0.05, 0) is 52.1 Å². The number of carbonyl (C=O) groups is 1. The van der Waals surface area contributed by atoms with Crippen molar-refractivity contribution in [1.82, 2.24) is 4.90 Å². The summed E-state index contributed by atoms with van der Waals surface area (Å²) in [5, 5.41) is 0. The Morgan fingerprint density at radius 2 is 1.57 bits per heavy atom. The first-order valence-electron chi connectivity index (χ1n) is 9.63. The van der Waals surface area contributed by atoms with Crippen LogP contribution in [0.15, 0.2) is 12.2 Å². The van der Waals surface area contributed by atoms with Gasteiger partial charge in [-0.1, -0.05) is 53.0 Å². The Morgan fingerprint density at radius 3 is 2.09 bits per heavy atom. The van der Waals surface area contributed by atoms with Crippen LogP contribution in [0.4, 0.5) is 0 Å². The third-order valence-corrected chi connectivity index (χ3v) is 4.27. The van der Waals surface area contributed by atoms with E-state index < -0.39 is 0 Å². The Bertz CT molecular complexity index is 309. The van der Waals surface area contributed by atoms with E-state index in [1.54, 1.807) is 6.92 Å². The maximum atomic E-state index is 11.2. The minimum absolute atomic E-state index is 0.261. The largest absolute Gasteiger partial charge is 0.462 e. The molecule has 0 saturated heterocycles. The Morgan fingerprint density at radius 1 is 1.00 bits per heavy atom. The van der Waals surface area contributed by atoms with Gasteiger partial charge >= 0.3 is 5.97 Å². The minimum Gasteiger partial charge on any atom is -0.462 e. The number of hydrogen-bond acceptors (Lipinski definition) is 3. The number of rotatable bonds is 15. The van der Waals surface area contributed by atoms with E-state index in [1.807, 2.05) is 0 Å². The monoisotopic (exact) mass is 325 g/mol. The van der Waals surface area contributed by atoms with Crippen LogP contribution in [0.2, 0.25) is 0 Å². The van der Waals surface area contributed by atoms with Crippen LogP contribution in [-0.2, 0) is 9.53 Å². The van der Waals surface area contributed by atoms with Crippen molar-refractivity contribution in [2.45, 2.75) is 91.5 Å². The van der Waals surface area contributed by atoms with Gasteiger partial charge < -0.3 is 9.64 Å². The van der Waals surface area contributed by atoms with Crippen molar-refractivity contribution < 1.29 is 9.53 Å². The highest BCUT2D eigenvalue weighted by molar-refractivity contribution is 5.86. The molecule has 23 heavy (non-hydrogen) atoms. The zero-order chi connectivity index (χ0) is 17.5. The molecule has 0 saturated carbocycles. The first-order chi connectivity index (χ1) is 11.1. The van der Waals surface area contributed by atoms with E-state index in [0.717, 1.165) is 18.9 Å². The van der Waals surface area contributed by atoms with Crippen LogP contribution in [0.25, 0.3) is 0 Å². The second-order valence-electron chi connectivity index (χ2n) is 6.57. The quantitative estimate of drug-likeness (QED) is 0.231. The van der Waals surface area contributed by atoms with Crippen molar-refractivity contribution in [1.29, 1.82) is 0 Å². The maximum Gasteiger partial charge on any atom is 0.333 e. The van der Waals surface area contributed by atoms with E-state index in [0.29, 0.717) is 12.2 Å². The predicted molar refractivity (Wildman–Crippen MR) is 99.7 cm³/mol. The molecule has 3 nitrogen and oxygen atoms in total. The number of hydrogen-bond donors (Lipinski definition) is 0. The van der Waals surface area contributed by atoms with E-state index in [1.165, 1.54) is 58.0 Å². The predicted octanol–water partition coefficient (Wildman–Crippen LogP) is 5.35. The summed E-state index contributed by atoms with van der Waals surface area (Å²) in [6.07, 6.45) is 11.0. The molecule has 0 N–H and O–H groups in total. The molecule has 0 aliphatic heterocycles. The summed E-state index contributed by atoms with van der Waals surface area (Å²) in [6, 6.07) is 0.756. The second kappa shape index (κ2) is 14.7. The Labute approximate surface area is 144 Å². The minimum atomic E-state index is -0.261. The summed E-state index contributed by atoms with van der Waals surface area (Å²) < 4.78 is 5.11. The molecule has 0 aromatic heterocycles. The molecule has 0 spiro atoms. The Hall–Kier alpha value is -0.830. The van der Waals surface area contributed by atoms with Gasteiger partial charge in [-0.15, -0.1) is 0 Å². The zero-order valence-electron chi connectivity index (χ0n) is 16.0. The van der Waals surface area contributed by atoms with Crippen LogP contribution in [0.5, 0.6) is 0 Å². The molecule has 0 aliphatic rings. The molecular formula is C20H39NO2. The van der Waals surface area contributed by atoms with Gasteiger partial charge in [0.25, 0.3) is 0 Å². The highest BCUT2D eigenvalue weighted by Crippen LogP contribution is 2.15. The first kappa shape index (κ1) is 22.2. The molecule has 0 aromatic carbocycles. The van der Waals surface area contributed by atoms with Gasteiger partial charge in [0, 0.05) is 11.6 Å². The molecule has 0 bridgehead atoms. The molecule has 1 atom stereocenters. The van der Waals surface area contributed by atoms with Crippen LogP contribution in [-0.4, -0.2) is 36.6 Å². The van der Waals surface area contributed by atoms with Crippen molar-refractivity contribution in [3.63, 3.8) is 0 Å². The first-order valence-corrected chi connectivity index (χ1v) is 9.63. The third kappa shape index (κ3) is 11.4. The van der Waals surface area contributed by atoms with Gasteiger partial charge in [-0.3, -0.25) is 0 Å². The SMILES string of the molecule is C=C(C)C(=O)OCCCCCCCC(CC)N(CCC)CCC. The molecule has 0 aliphatic carbocycles. The highest BCUT2D eigenvalue weighted by Gasteiger charge is 2.14. The molecule has 0 amide bonds. The summed E-state index contributed by atoms with van der Waals surface area (Å²) >= 11 is 0. The highest BCUT2D eigenvalue weighted by atomic mass is 16.5. The van der Waals surface area contributed by atoms with Crippen molar-refractivity contribution in [2.75, 3.05) is 19.7 Å². The van der Waals surface area contributed by atoms with Crippen LogP contribution in [0.3, 0.4) is 0 Å². The molecule has 0 radical (unpaired) electrons. The Balaban J connectivity index is 3.71. The number of carbonyl (C=O) groups excluding carboxylic acids is 1. The van der Waals surface area contributed by atoms with E-state index in [4.69, 9.17) is 4.74 Å². The summed E-state index contributed by atoms with van der Waals surface area (Å²) in [7, 11) is 0. The molecule has 0 fully saturated rings. The molecule has 0 rings (SSSR count). The Kier molecular flexibility index (Phi) is 14.2. The fourth-order valence-corrected chi connectivity index (χ4v) is 3.00. The van der Waals surface area contributed by atoms with Crippen molar-refractivity contribution in [3.8, 4) is 0 Å². The lowest BCUT2D eigenvalue weighted by molar-refractivity contribution is -0.139. The van der Waals surface area contributed by atoms with Crippen molar-refractivity contribution in [3.05, 3.63) is 12.2 Å². The van der Waals surface area contributed by atoms with Gasteiger partial charge in [0.15, 0.2) is 0 Å². The summed E-state index contributed by atoms with van der Waals surface area (Å²) in [5.74, 6) is -0.261. The lowest BCUT2D eigenvalue weighted by Crippen LogP contribution is -2.36. The van der Waals surface area contributed by atoms with Crippen molar-refractivity contribution >= 4 is 5.97 Å². The third-order valence-electron chi connectivity index (χ3n) is 4.27. The lowest BCUT2D eigenvalue weighted by Gasteiger charge is -2.30. The summed E-state index contributed by atoms with van der Waals surface area (Å²) in [4.78, 5) is 13.9. The number of nitrogens with zero attached hydrogens (tertiary/aromatic N) is 1. The van der Waals surface area contributed by atoms with E-state index in [2.05, 4.69) is 32.3 Å². The van der Waals surface area contributed by atoms with Crippen LogP contribution in [0.1, 0.15) is 85.5 Å². The molecule has 0 heterocycles. The maximum absolute atomic E-state index is 11.2. The van der Waals surface area contributed by atoms with Gasteiger partial charge in [-0.25, -0.2) is 4.79 Å². The number of unbranched alkanes of at least 4 members (excludes halogenated alkanes) is 4. The average molecular weight is 326 g/mol. The van der Waals surface area contributed by atoms with Crippen LogP contribution < -0.4 is 0 Å². The normalized spacial score (nSPS) is 12.4.